The number of hydrogen-bond donors (Lipinski definition) is 0. The summed E-state index contributed by atoms with van der Waals surface area (Å²) in [4.78, 5) is 0.444. The molecule has 0 aromatic heterocycles. The van der Waals surface area contributed by atoms with E-state index >= 15 is 0 Å². The van der Waals surface area contributed by atoms with Gasteiger partial charge in [-0.25, -0.2) is 8.42 Å². The van der Waals surface area contributed by atoms with Crippen LogP contribution in [-0.2, 0) is 9.84 Å². The van der Waals surface area contributed by atoms with Crippen molar-refractivity contribution in [1.29, 1.82) is 0 Å². The molecule has 0 N–H and O–H groups in total. The van der Waals surface area contributed by atoms with E-state index in [1.165, 1.54) is 0 Å². The van der Waals surface area contributed by atoms with E-state index in [4.69, 9.17) is 0 Å². The smallest absolute Gasteiger partial charge is 0.178 e. The van der Waals surface area contributed by atoms with Crippen molar-refractivity contribution in [3.8, 4) is 0 Å². The van der Waals surface area contributed by atoms with Gasteiger partial charge in [-0.2, -0.15) is 0 Å². The quantitative estimate of drug-likeness (QED) is 0.794. The molecule has 0 heterocycles. The van der Waals surface area contributed by atoms with E-state index in [1.807, 2.05) is 13.0 Å². The third-order valence-corrected chi connectivity index (χ3v) is 4.34. The molecule has 0 spiro atoms. The van der Waals surface area contributed by atoms with Gasteiger partial charge in [0, 0.05) is 0 Å². The van der Waals surface area contributed by atoms with E-state index in [9.17, 15) is 8.42 Å². The molecule has 0 fully saturated rings. The normalized spacial score (nSPS) is 12.1. The fraction of sp³-hybridized carbons (Fsp3) is 0.500. The Morgan fingerprint density at radius 3 is 2.33 bits per heavy atom. The molecule has 0 aliphatic rings. The molecule has 15 heavy (non-hydrogen) atoms. The molecule has 0 atom stereocenters. The van der Waals surface area contributed by atoms with Gasteiger partial charge in [-0.1, -0.05) is 26.8 Å². The van der Waals surface area contributed by atoms with Crippen LogP contribution < -0.4 is 0 Å². The van der Waals surface area contributed by atoms with Gasteiger partial charge in [-0.05, 0) is 36.1 Å². The Balaban J connectivity index is 3.31. The molecule has 0 aliphatic heterocycles. The predicted octanol–water partition coefficient (Wildman–Crippen LogP) is 2.91. The van der Waals surface area contributed by atoms with Gasteiger partial charge in [-0.3, -0.25) is 0 Å². The lowest BCUT2D eigenvalue weighted by atomic mass is 9.98. The summed E-state index contributed by atoms with van der Waals surface area (Å²) >= 11 is 0. The third kappa shape index (κ3) is 2.59. The molecular formula is C12H18O2S. The minimum Gasteiger partial charge on any atom is -0.224 e. The SMILES string of the molecule is CCS(=O)(=O)c1ccc(C)c(C(C)C)c1. The molecule has 0 amide bonds. The zero-order valence-electron chi connectivity index (χ0n) is 9.74. The Morgan fingerprint density at radius 1 is 1.27 bits per heavy atom. The summed E-state index contributed by atoms with van der Waals surface area (Å²) in [5.74, 6) is 0.519. The van der Waals surface area contributed by atoms with E-state index in [0.717, 1.165) is 11.1 Å². The lowest BCUT2D eigenvalue weighted by molar-refractivity contribution is 0.597. The maximum Gasteiger partial charge on any atom is 0.178 e. The van der Waals surface area contributed by atoms with Crippen molar-refractivity contribution in [1.82, 2.24) is 0 Å². The first kappa shape index (κ1) is 12.2. The van der Waals surface area contributed by atoms with E-state index in [1.54, 1.807) is 19.1 Å². The Labute approximate surface area is 92.2 Å². The third-order valence-electron chi connectivity index (χ3n) is 2.61. The molecule has 0 bridgehead atoms. The van der Waals surface area contributed by atoms with Crippen LogP contribution in [0.3, 0.4) is 0 Å². The van der Waals surface area contributed by atoms with Gasteiger partial charge in [0.25, 0.3) is 0 Å². The van der Waals surface area contributed by atoms with Crippen LogP contribution in [0.15, 0.2) is 23.1 Å². The zero-order valence-corrected chi connectivity index (χ0v) is 10.6. The summed E-state index contributed by atoms with van der Waals surface area (Å²) in [7, 11) is -3.07. The van der Waals surface area contributed by atoms with Crippen molar-refractivity contribution in [3.05, 3.63) is 29.3 Å². The molecule has 0 unspecified atom stereocenters. The first-order valence-corrected chi connectivity index (χ1v) is 6.87. The van der Waals surface area contributed by atoms with Crippen LogP contribution in [0.1, 0.15) is 37.8 Å². The summed E-state index contributed by atoms with van der Waals surface area (Å²) in [6, 6.07) is 5.39. The average Bonchev–Trinajstić information content (AvgIpc) is 2.17. The van der Waals surface area contributed by atoms with Gasteiger partial charge in [0.1, 0.15) is 0 Å². The van der Waals surface area contributed by atoms with Gasteiger partial charge >= 0.3 is 0 Å². The second-order valence-electron chi connectivity index (χ2n) is 4.08. The average molecular weight is 226 g/mol. The highest BCUT2D eigenvalue weighted by atomic mass is 32.2. The summed E-state index contributed by atoms with van der Waals surface area (Å²) in [5, 5.41) is 0. The Hall–Kier alpha value is -0.830. The first-order chi connectivity index (χ1) is 6.88. The first-order valence-electron chi connectivity index (χ1n) is 5.21. The molecule has 0 aliphatic carbocycles. The van der Waals surface area contributed by atoms with E-state index in [-0.39, 0.29) is 5.75 Å². The largest absolute Gasteiger partial charge is 0.224 e. The Bertz CT molecular complexity index is 445. The van der Waals surface area contributed by atoms with E-state index in [2.05, 4.69) is 13.8 Å². The van der Waals surface area contributed by atoms with Crippen molar-refractivity contribution in [2.24, 2.45) is 0 Å². The Kier molecular flexibility index (Phi) is 3.55. The summed E-state index contributed by atoms with van der Waals surface area (Å²) < 4.78 is 23.4. The summed E-state index contributed by atoms with van der Waals surface area (Å²) in [5.41, 5.74) is 2.27. The number of rotatable bonds is 3. The predicted molar refractivity (Wildman–Crippen MR) is 63.0 cm³/mol. The van der Waals surface area contributed by atoms with Crippen LogP contribution >= 0.6 is 0 Å². The van der Waals surface area contributed by atoms with Crippen molar-refractivity contribution >= 4 is 9.84 Å². The second-order valence-corrected chi connectivity index (χ2v) is 6.35. The molecule has 84 valence electrons. The minimum atomic E-state index is -3.07. The van der Waals surface area contributed by atoms with Gasteiger partial charge in [-0.15, -0.1) is 0 Å². The van der Waals surface area contributed by atoms with E-state index < -0.39 is 9.84 Å². The monoisotopic (exact) mass is 226 g/mol. The van der Waals surface area contributed by atoms with Crippen LogP contribution in [0.25, 0.3) is 0 Å². The molecule has 1 aromatic rings. The van der Waals surface area contributed by atoms with E-state index in [0.29, 0.717) is 10.8 Å². The summed E-state index contributed by atoms with van der Waals surface area (Å²) in [6.45, 7) is 7.83. The van der Waals surface area contributed by atoms with Crippen LogP contribution in [0.2, 0.25) is 0 Å². The maximum atomic E-state index is 11.7. The molecule has 1 aromatic carbocycles. The summed E-state index contributed by atoms with van der Waals surface area (Å²) in [6.07, 6.45) is 0. The lowest BCUT2D eigenvalue weighted by Gasteiger charge is -2.11. The highest BCUT2D eigenvalue weighted by molar-refractivity contribution is 7.91. The number of hydrogen-bond acceptors (Lipinski definition) is 2. The van der Waals surface area contributed by atoms with Gasteiger partial charge < -0.3 is 0 Å². The van der Waals surface area contributed by atoms with Crippen LogP contribution in [0.4, 0.5) is 0 Å². The molecule has 0 saturated carbocycles. The molecule has 3 heteroatoms. The molecule has 2 nitrogen and oxygen atoms in total. The van der Waals surface area contributed by atoms with Crippen molar-refractivity contribution < 1.29 is 8.42 Å². The van der Waals surface area contributed by atoms with Gasteiger partial charge in [0.05, 0.1) is 10.6 Å². The van der Waals surface area contributed by atoms with Crippen molar-refractivity contribution in [2.45, 2.75) is 38.5 Å². The van der Waals surface area contributed by atoms with Gasteiger partial charge in [0.15, 0.2) is 9.84 Å². The highest BCUT2D eigenvalue weighted by Crippen LogP contribution is 2.23. The van der Waals surface area contributed by atoms with Crippen LogP contribution in [-0.4, -0.2) is 14.2 Å². The molecule has 0 radical (unpaired) electrons. The highest BCUT2D eigenvalue weighted by Gasteiger charge is 2.13. The number of aryl methyl sites for hydroxylation is 1. The van der Waals surface area contributed by atoms with Crippen LogP contribution in [0, 0.1) is 6.92 Å². The van der Waals surface area contributed by atoms with Crippen molar-refractivity contribution in [3.63, 3.8) is 0 Å². The maximum absolute atomic E-state index is 11.7. The number of sulfone groups is 1. The fourth-order valence-corrected chi connectivity index (χ4v) is 2.52. The Morgan fingerprint density at radius 2 is 1.87 bits per heavy atom. The number of benzene rings is 1. The molecule has 1 rings (SSSR count). The molecular weight excluding hydrogens is 208 g/mol. The standard InChI is InChI=1S/C12H18O2S/c1-5-15(13,14)11-7-6-10(4)12(8-11)9(2)3/h6-9H,5H2,1-4H3. The zero-order chi connectivity index (χ0) is 11.6. The molecule has 0 saturated heterocycles. The lowest BCUT2D eigenvalue weighted by Crippen LogP contribution is -2.05. The fourth-order valence-electron chi connectivity index (χ4n) is 1.60. The second kappa shape index (κ2) is 4.35. The minimum absolute atomic E-state index is 0.160. The van der Waals surface area contributed by atoms with Crippen molar-refractivity contribution in [2.75, 3.05) is 5.75 Å². The van der Waals surface area contributed by atoms with Crippen LogP contribution in [0.5, 0.6) is 0 Å². The topological polar surface area (TPSA) is 34.1 Å². The van der Waals surface area contributed by atoms with Gasteiger partial charge in [0.2, 0.25) is 0 Å².